The Morgan fingerprint density at radius 1 is 1.26 bits per heavy atom. The molecule has 1 unspecified atom stereocenters. The van der Waals surface area contributed by atoms with Crippen LogP contribution in [0.2, 0.25) is 0 Å². The Morgan fingerprint density at radius 3 is 2.05 bits per heavy atom. The van der Waals surface area contributed by atoms with Crippen LogP contribution in [0.4, 0.5) is 0 Å². The largest absolute Gasteiger partial charge is 0.478 e. The molecule has 0 aromatic carbocycles. The second-order valence-electron chi connectivity index (χ2n) is 5.63. The highest BCUT2D eigenvalue weighted by molar-refractivity contribution is 5.89. The van der Waals surface area contributed by atoms with Gasteiger partial charge in [0.25, 0.3) is 0 Å². The first-order chi connectivity index (χ1) is 8.68. The number of carboxylic acids is 1. The monoisotopic (exact) mass is 266 g/mol. The van der Waals surface area contributed by atoms with E-state index < -0.39 is 5.97 Å². The summed E-state index contributed by atoms with van der Waals surface area (Å²) in [4.78, 5) is 19.8. The molecule has 1 rings (SSSR count). The Labute approximate surface area is 114 Å². The lowest BCUT2D eigenvalue weighted by molar-refractivity contribution is -0.0193. The van der Waals surface area contributed by atoms with Gasteiger partial charge in [-0.25, -0.2) is 14.8 Å². The van der Waals surface area contributed by atoms with Gasteiger partial charge >= 0.3 is 5.97 Å². The minimum absolute atomic E-state index is 0.153. The fourth-order valence-corrected chi connectivity index (χ4v) is 2.05. The highest BCUT2D eigenvalue weighted by Gasteiger charge is 2.30. The molecule has 106 valence electrons. The van der Waals surface area contributed by atoms with Crippen molar-refractivity contribution in [1.82, 2.24) is 9.97 Å². The number of carbonyl (C=O) groups is 1. The smallest absolute Gasteiger partial charge is 0.339 e. The number of aromatic carboxylic acids is 1. The van der Waals surface area contributed by atoms with E-state index in [1.807, 2.05) is 27.7 Å². The Balaban J connectivity index is 3.31. The fraction of sp³-hybridized carbons (Fsp3) is 0.643. The molecule has 0 saturated heterocycles. The van der Waals surface area contributed by atoms with Gasteiger partial charge in [0.1, 0.15) is 11.7 Å². The van der Waals surface area contributed by atoms with Crippen molar-refractivity contribution < 1.29 is 14.6 Å². The molecule has 0 radical (unpaired) electrons. The second kappa shape index (κ2) is 5.65. The van der Waals surface area contributed by atoms with Crippen molar-refractivity contribution >= 4 is 5.97 Å². The molecule has 0 aliphatic heterocycles. The van der Waals surface area contributed by atoms with Crippen LogP contribution in [0, 0.1) is 19.3 Å². The van der Waals surface area contributed by atoms with Gasteiger partial charge in [-0.2, -0.15) is 0 Å². The topological polar surface area (TPSA) is 72.3 Å². The number of aromatic nitrogens is 2. The molecule has 5 nitrogen and oxygen atoms in total. The SMILES string of the molecule is CCOC(c1nc(C)c(C(=O)O)c(C)n1)C(C)(C)C. The summed E-state index contributed by atoms with van der Waals surface area (Å²) in [5.74, 6) is -0.445. The maximum Gasteiger partial charge on any atom is 0.339 e. The van der Waals surface area contributed by atoms with Gasteiger partial charge in [-0.15, -0.1) is 0 Å². The summed E-state index contributed by atoms with van der Waals surface area (Å²) >= 11 is 0. The summed E-state index contributed by atoms with van der Waals surface area (Å²) in [7, 11) is 0. The molecule has 0 spiro atoms. The molecule has 0 aliphatic carbocycles. The maximum atomic E-state index is 11.1. The number of nitrogens with zero attached hydrogens (tertiary/aromatic N) is 2. The van der Waals surface area contributed by atoms with Crippen molar-refractivity contribution in [3.63, 3.8) is 0 Å². The van der Waals surface area contributed by atoms with E-state index in [1.165, 1.54) is 0 Å². The van der Waals surface area contributed by atoms with Crippen LogP contribution in [-0.2, 0) is 4.74 Å². The van der Waals surface area contributed by atoms with Crippen LogP contribution in [0.1, 0.15) is 61.4 Å². The van der Waals surface area contributed by atoms with Gasteiger partial charge in [-0.3, -0.25) is 0 Å². The molecular formula is C14H22N2O3. The van der Waals surface area contributed by atoms with E-state index in [2.05, 4.69) is 9.97 Å². The summed E-state index contributed by atoms with van der Waals surface area (Å²) in [6.07, 6.45) is -0.252. The molecule has 0 aliphatic rings. The molecule has 1 N–H and O–H groups in total. The molecule has 0 amide bonds. The van der Waals surface area contributed by atoms with Crippen LogP contribution in [0.5, 0.6) is 0 Å². The lowest BCUT2D eigenvalue weighted by atomic mass is 9.88. The third-order valence-corrected chi connectivity index (χ3v) is 2.86. The van der Waals surface area contributed by atoms with Crippen LogP contribution in [0.15, 0.2) is 0 Å². The third kappa shape index (κ3) is 3.50. The van der Waals surface area contributed by atoms with Gasteiger partial charge in [-0.05, 0) is 26.2 Å². The Hall–Kier alpha value is -1.49. The van der Waals surface area contributed by atoms with Crippen LogP contribution < -0.4 is 0 Å². The Kier molecular flexibility index (Phi) is 4.63. The number of ether oxygens (including phenoxy) is 1. The third-order valence-electron chi connectivity index (χ3n) is 2.86. The van der Waals surface area contributed by atoms with Gasteiger partial charge in [0.2, 0.25) is 0 Å². The minimum Gasteiger partial charge on any atom is -0.478 e. The number of aryl methyl sites for hydroxylation is 2. The standard InChI is InChI=1S/C14H22N2O3/c1-7-19-11(14(4,5)6)12-15-8(2)10(13(17)18)9(3)16-12/h11H,7H2,1-6H3,(H,17,18). The van der Waals surface area contributed by atoms with Crippen molar-refractivity contribution in [2.45, 2.75) is 47.6 Å². The van der Waals surface area contributed by atoms with E-state index in [-0.39, 0.29) is 17.1 Å². The summed E-state index contributed by atoms with van der Waals surface area (Å²) in [6, 6.07) is 0. The van der Waals surface area contributed by atoms with E-state index in [0.717, 1.165) is 0 Å². The molecule has 0 fully saturated rings. The molecule has 1 aromatic heterocycles. The van der Waals surface area contributed by atoms with Gasteiger partial charge in [-0.1, -0.05) is 20.8 Å². The van der Waals surface area contributed by atoms with Crippen LogP contribution in [0.25, 0.3) is 0 Å². The molecule has 1 heterocycles. The van der Waals surface area contributed by atoms with Gasteiger partial charge in [0.05, 0.1) is 11.4 Å². The Bertz CT molecular complexity index is 455. The fourth-order valence-electron chi connectivity index (χ4n) is 2.05. The van der Waals surface area contributed by atoms with Gasteiger partial charge in [0, 0.05) is 6.61 Å². The first kappa shape index (κ1) is 15.6. The zero-order chi connectivity index (χ0) is 14.8. The highest BCUT2D eigenvalue weighted by atomic mass is 16.5. The average Bonchev–Trinajstić information content (AvgIpc) is 2.22. The molecular weight excluding hydrogens is 244 g/mol. The van der Waals surface area contributed by atoms with Crippen molar-refractivity contribution in [3.05, 3.63) is 22.8 Å². The number of carboxylic acid groups (broad SMARTS) is 1. The van der Waals surface area contributed by atoms with Crippen LogP contribution in [-0.4, -0.2) is 27.7 Å². The molecule has 5 heteroatoms. The van der Waals surface area contributed by atoms with Crippen LogP contribution in [0.3, 0.4) is 0 Å². The van der Waals surface area contributed by atoms with E-state index in [4.69, 9.17) is 9.84 Å². The molecule has 19 heavy (non-hydrogen) atoms. The van der Waals surface area contributed by atoms with E-state index in [9.17, 15) is 4.79 Å². The first-order valence-corrected chi connectivity index (χ1v) is 6.38. The van der Waals surface area contributed by atoms with E-state index >= 15 is 0 Å². The van der Waals surface area contributed by atoms with E-state index in [0.29, 0.717) is 23.8 Å². The zero-order valence-electron chi connectivity index (χ0n) is 12.4. The van der Waals surface area contributed by atoms with Crippen molar-refractivity contribution in [1.29, 1.82) is 0 Å². The van der Waals surface area contributed by atoms with E-state index in [1.54, 1.807) is 13.8 Å². The summed E-state index contributed by atoms with van der Waals surface area (Å²) < 4.78 is 5.73. The average molecular weight is 266 g/mol. The highest BCUT2D eigenvalue weighted by Crippen LogP contribution is 2.34. The predicted molar refractivity (Wildman–Crippen MR) is 72.3 cm³/mol. The molecule has 1 atom stereocenters. The molecule has 1 aromatic rings. The number of hydrogen-bond acceptors (Lipinski definition) is 4. The number of rotatable bonds is 4. The molecule has 0 saturated carbocycles. The van der Waals surface area contributed by atoms with Gasteiger partial charge in [0.15, 0.2) is 5.82 Å². The quantitative estimate of drug-likeness (QED) is 0.907. The second-order valence-corrected chi connectivity index (χ2v) is 5.63. The normalized spacial score (nSPS) is 13.4. The Morgan fingerprint density at radius 2 is 1.74 bits per heavy atom. The van der Waals surface area contributed by atoms with Crippen molar-refractivity contribution in [2.75, 3.05) is 6.61 Å². The number of hydrogen-bond donors (Lipinski definition) is 1. The summed E-state index contributed by atoms with van der Waals surface area (Å²) in [5.41, 5.74) is 0.973. The predicted octanol–water partition coefficient (Wildman–Crippen LogP) is 2.92. The first-order valence-electron chi connectivity index (χ1n) is 6.38. The van der Waals surface area contributed by atoms with Crippen molar-refractivity contribution in [2.24, 2.45) is 5.41 Å². The summed E-state index contributed by atoms with van der Waals surface area (Å²) in [6.45, 7) is 12.0. The van der Waals surface area contributed by atoms with Crippen molar-refractivity contribution in [3.8, 4) is 0 Å². The molecule has 0 bridgehead atoms. The minimum atomic E-state index is -0.995. The van der Waals surface area contributed by atoms with Gasteiger partial charge < -0.3 is 9.84 Å². The maximum absolute atomic E-state index is 11.1. The summed E-state index contributed by atoms with van der Waals surface area (Å²) in [5, 5.41) is 9.13. The van der Waals surface area contributed by atoms with Crippen LogP contribution >= 0.6 is 0 Å². The zero-order valence-corrected chi connectivity index (χ0v) is 12.4. The lowest BCUT2D eigenvalue weighted by Gasteiger charge is -2.29. The lowest BCUT2D eigenvalue weighted by Crippen LogP contribution is -2.25.